The first-order valence-electron chi connectivity index (χ1n) is 7.11. The lowest BCUT2D eigenvalue weighted by molar-refractivity contribution is 1.15. The van der Waals surface area contributed by atoms with Crippen molar-refractivity contribution in [3.8, 4) is 28.6 Å². The third-order valence-corrected chi connectivity index (χ3v) is 3.65. The molecule has 0 atom stereocenters. The van der Waals surface area contributed by atoms with Crippen LogP contribution in [0, 0.1) is 11.3 Å². The van der Waals surface area contributed by atoms with Gasteiger partial charge < -0.3 is 0 Å². The molecule has 0 aliphatic heterocycles. The van der Waals surface area contributed by atoms with Crippen LogP contribution in [-0.2, 0) is 0 Å². The number of nitrogens with zero attached hydrogens (tertiary/aromatic N) is 5. The van der Waals surface area contributed by atoms with E-state index in [4.69, 9.17) is 0 Å². The normalized spacial score (nSPS) is 10.6. The molecule has 5 heteroatoms. The molecule has 4 aromatic rings. The van der Waals surface area contributed by atoms with Crippen LogP contribution in [0.3, 0.4) is 0 Å². The van der Waals surface area contributed by atoms with Crippen LogP contribution >= 0.6 is 0 Å². The minimum Gasteiger partial charge on any atom is -0.291 e. The number of imidazole rings is 1. The number of nitriles is 1. The fourth-order valence-electron chi connectivity index (χ4n) is 2.57. The lowest BCUT2D eigenvalue weighted by Crippen LogP contribution is -1.94. The van der Waals surface area contributed by atoms with Gasteiger partial charge in [-0.3, -0.25) is 14.4 Å². The summed E-state index contributed by atoms with van der Waals surface area (Å²) >= 11 is 0. The summed E-state index contributed by atoms with van der Waals surface area (Å²) in [7, 11) is 0. The van der Waals surface area contributed by atoms with E-state index < -0.39 is 0 Å². The van der Waals surface area contributed by atoms with E-state index in [1.807, 2.05) is 48.7 Å². The Morgan fingerprint density at radius 1 is 0.913 bits per heavy atom. The molecule has 0 radical (unpaired) electrons. The van der Waals surface area contributed by atoms with Crippen LogP contribution in [-0.4, -0.2) is 19.4 Å². The zero-order chi connectivity index (χ0) is 15.6. The summed E-state index contributed by atoms with van der Waals surface area (Å²) in [4.78, 5) is 13.1. The first-order valence-corrected chi connectivity index (χ1v) is 7.11. The Morgan fingerprint density at radius 3 is 2.65 bits per heavy atom. The maximum atomic E-state index is 9.19. The van der Waals surface area contributed by atoms with Crippen molar-refractivity contribution in [1.82, 2.24) is 19.4 Å². The average Bonchev–Trinajstić information content (AvgIpc) is 3.05. The molecule has 0 aliphatic carbocycles. The van der Waals surface area contributed by atoms with E-state index in [1.165, 1.54) is 0 Å². The summed E-state index contributed by atoms with van der Waals surface area (Å²) < 4.78 is 1.78. The Balaban J connectivity index is 1.94. The molecule has 0 unspecified atom stereocenters. The summed E-state index contributed by atoms with van der Waals surface area (Å²) in [5.41, 5.74) is 4.80. The molecule has 0 fully saturated rings. The second-order valence-electron chi connectivity index (χ2n) is 5.02. The largest absolute Gasteiger partial charge is 0.291 e. The number of pyridine rings is 3. The van der Waals surface area contributed by atoms with Gasteiger partial charge in [-0.25, -0.2) is 4.98 Å². The van der Waals surface area contributed by atoms with Gasteiger partial charge in [0.1, 0.15) is 17.4 Å². The first-order chi connectivity index (χ1) is 11.4. The Hall–Kier alpha value is -3.52. The van der Waals surface area contributed by atoms with Crippen LogP contribution in [0.1, 0.15) is 5.69 Å². The quantitative estimate of drug-likeness (QED) is 0.569. The SMILES string of the molecule is N#Cc1cnc2ccc(-c3cccnc3-c3ccccn3)cn12. The van der Waals surface area contributed by atoms with E-state index in [0.29, 0.717) is 5.69 Å². The van der Waals surface area contributed by atoms with Crippen LogP contribution in [0.4, 0.5) is 0 Å². The molecule has 108 valence electrons. The fraction of sp³-hybridized carbons (Fsp3) is 0. The van der Waals surface area contributed by atoms with Crippen molar-refractivity contribution in [1.29, 1.82) is 5.26 Å². The molecule has 0 aliphatic rings. The van der Waals surface area contributed by atoms with E-state index in [9.17, 15) is 5.26 Å². The second-order valence-corrected chi connectivity index (χ2v) is 5.02. The van der Waals surface area contributed by atoms with E-state index in [-0.39, 0.29) is 0 Å². The monoisotopic (exact) mass is 297 g/mol. The van der Waals surface area contributed by atoms with Gasteiger partial charge in [-0.2, -0.15) is 5.26 Å². The maximum absolute atomic E-state index is 9.19. The van der Waals surface area contributed by atoms with Gasteiger partial charge in [0.25, 0.3) is 0 Å². The van der Waals surface area contributed by atoms with Gasteiger partial charge in [0.05, 0.1) is 17.6 Å². The van der Waals surface area contributed by atoms with E-state index >= 15 is 0 Å². The van der Waals surface area contributed by atoms with Crippen molar-refractivity contribution in [3.05, 3.63) is 72.9 Å². The highest BCUT2D eigenvalue weighted by molar-refractivity contribution is 5.79. The zero-order valence-corrected chi connectivity index (χ0v) is 12.1. The summed E-state index contributed by atoms with van der Waals surface area (Å²) in [5.74, 6) is 0. The molecule has 0 N–H and O–H groups in total. The van der Waals surface area contributed by atoms with Crippen molar-refractivity contribution in [2.24, 2.45) is 0 Å². The van der Waals surface area contributed by atoms with Crippen LogP contribution < -0.4 is 0 Å². The van der Waals surface area contributed by atoms with Crippen LogP contribution in [0.15, 0.2) is 67.3 Å². The van der Waals surface area contributed by atoms with Gasteiger partial charge >= 0.3 is 0 Å². The third kappa shape index (κ3) is 2.23. The molecule has 4 heterocycles. The van der Waals surface area contributed by atoms with E-state index in [1.54, 1.807) is 23.0 Å². The summed E-state index contributed by atoms with van der Waals surface area (Å²) in [6.45, 7) is 0. The highest BCUT2D eigenvalue weighted by Gasteiger charge is 2.11. The minimum atomic E-state index is 0.505. The predicted octanol–water partition coefficient (Wildman–Crippen LogP) is 3.33. The van der Waals surface area contributed by atoms with Crippen molar-refractivity contribution in [3.63, 3.8) is 0 Å². The zero-order valence-electron chi connectivity index (χ0n) is 12.1. The Bertz CT molecular complexity index is 1030. The fourth-order valence-corrected chi connectivity index (χ4v) is 2.57. The van der Waals surface area contributed by atoms with Crippen molar-refractivity contribution in [2.75, 3.05) is 0 Å². The van der Waals surface area contributed by atoms with Crippen LogP contribution in [0.2, 0.25) is 0 Å². The number of hydrogen-bond donors (Lipinski definition) is 0. The number of aromatic nitrogens is 4. The summed E-state index contributed by atoms with van der Waals surface area (Å²) in [6, 6.07) is 15.7. The Morgan fingerprint density at radius 2 is 1.83 bits per heavy atom. The molecule has 0 aromatic carbocycles. The summed E-state index contributed by atoms with van der Waals surface area (Å²) in [6.07, 6.45) is 6.98. The lowest BCUT2D eigenvalue weighted by atomic mass is 10.0. The topological polar surface area (TPSA) is 66.9 Å². The lowest BCUT2D eigenvalue weighted by Gasteiger charge is -2.08. The minimum absolute atomic E-state index is 0.505. The van der Waals surface area contributed by atoms with Gasteiger partial charge in [-0.15, -0.1) is 0 Å². The average molecular weight is 297 g/mol. The van der Waals surface area contributed by atoms with Gasteiger partial charge in [-0.05, 0) is 30.3 Å². The molecule has 23 heavy (non-hydrogen) atoms. The smallest absolute Gasteiger partial charge is 0.144 e. The Labute approximate surface area is 132 Å². The number of rotatable bonds is 2. The van der Waals surface area contributed by atoms with E-state index in [0.717, 1.165) is 28.2 Å². The standard InChI is InChI=1S/C18H11N5/c19-10-14-11-22-17-7-6-13(12-23(14)17)15-4-3-9-21-18(15)16-5-1-2-8-20-16/h1-9,11-12H. The van der Waals surface area contributed by atoms with E-state index in [2.05, 4.69) is 21.0 Å². The first kappa shape index (κ1) is 13.2. The van der Waals surface area contributed by atoms with Crippen LogP contribution in [0.25, 0.3) is 28.2 Å². The van der Waals surface area contributed by atoms with Gasteiger partial charge in [-0.1, -0.05) is 12.1 Å². The highest BCUT2D eigenvalue weighted by atomic mass is 15.0. The number of hydrogen-bond acceptors (Lipinski definition) is 4. The molecule has 0 bridgehead atoms. The third-order valence-electron chi connectivity index (χ3n) is 3.65. The maximum Gasteiger partial charge on any atom is 0.144 e. The molecule has 5 nitrogen and oxygen atoms in total. The Kier molecular flexibility index (Phi) is 3.06. The highest BCUT2D eigenvalue weighted by Crippen LogP contribution is 2.29. The molecule has 0 amide bonds. The van der Waals surface area contributed by atoms with Crippen molar-refractivity contribution >= 4 is 5.65 Å². The summed E-state index contributed by atoms with van der Waals surface area (Å²) in [5, 5.41) is 9.19. The van der Waals surface area contributed by atoms with Crippen molar-refractivity contribution < 1.29 is 0 Å². The molecule has 0 saturated heterocycles. The molecule has 0 spiro atoms. The van der Waals surface area contributed by atoms with Gasteiger partial charge in [0.15, 0.2) is 0 Å². The van der Waals surface area contributed by atoms with Crippen molar-refractivity contribution in [2.45, 2.75) is 0 Å². The van der Waals surface area contributed by atoms with Gasteiger partial charge in [0.2, 0.25) is 0 Å². The molecular formula is C18H11N5. The number of fused-ring (bicyclic) bond motifs is 1. The molecule has 4 rings (SSSR count). The van der Waals surface area contributed by atoms with Gasteiger partial charge in [0, 0.05) is 29.7 Å². The molecular weight excluding hydrogens is 286 g/mol. The molecule has 4 aromatic heterocycles. The second kappa shape index (κ2) is 5.35. The molecule has 0 saturated carbocycles. The van der Waals surface area contributed by atoms with Crippen LogP contribution in [0.5, 0.6) is 0 Å². The predicted molar refractivity (Wildman–Crippen MR) is 86.4 cm³/mol.